The lowest BCUT2D eigenvalue weighted by Crippen LogP contribution is -2.05. The van der Waals surface area contributed by atoms with Gasteiger partial charge in [-0.2, -0.15) is 4.98 Å². The standard InChI is InChI=1S/C13H19N3O3/c1-4-6-14-12-8-11(16(17)18)9-13(15-12)19-7-5-10(2)3/h8-9H,2,4-7H2,1,3H3,(H,14,15). The lowest BCUT2D eigenvalue weighted by molar-refractivity contribution is -0.384. The van der Waals surface area contributed by atoms with Crippen LogP contribution in [0, 0.1) is 10.1 Å². The molecule has 6 nitrogen and oxygen atoms in total. The van der Waals surface area contributed by atoms with Crippen LogP contribution >= 0.6 is 0 Å². The van der Waals surface area contributed by atoms with E-state index in [-0.39, 0.29) is 11.6 Å². The molecule has 104 valence electrons. The number of pyridine rings is 1. The van der Waals surface area contributed by atoms with Gasteiger partial charge in [-0.05, 0) is 13.3 Å². The zero-order chi connectivity index (χ0) is 14.3. The number of hydrogen-bond donors (Lipinski definition) is 1. The van der Waals surface area contributed by atoms with Gasteiger partial charge in [0, 0.05) is 13.0 Å². The van der Waals surface area contributed by atoms with Crippen LogP contribution in [-0.2, 0) is 0 Å². The molecule has 1 aromatic heterocycles. The summed E-state index contributed by atoms with van der Waals surface area (Å²) in [5, 5.41) is 13.9. The molecule has 1 heterocycles. The van der Waals surface area contributed by atoms with Gasteiger partial charge in [0.25, 0.3) is 5.69 Å². The first-order valence-corrected chi connectivity index (χ1v) is 6.20. The largest absolute Gasteiger partial charge is 0.477 e. The van der Waals surface area contributed by atoms with Crippen LogP contribution in [-0.4, -0.2) is 23.1 Å². The first-order chi connectivity index (χ1) is 9.02. The van der Waals surface area contributed by atoms with Crippen LogP contribution < -0.4 is 10.1 Å². The molecule has 1 rings (SSSR count). The maximum Gasteiger partial charge on any atom is 0.278 e. The van der Waals surface area contributed by atoms with Crippen molar-refractivity contribution in [1.29, 1.82) is 0 Å². The molecule has 0 bridgehead atoms. The van der Waals surface area contributed by atoms with Crippen molar-refractivity contribution in [2.75, 3.05) is 18.5 Å². The van der Waals surface area contributed by atoms with Crippen molar-refractivity contribution >= 4 is 11.5 Å². The number of nitrogens with one attached hydrogen (secondary N) is 1. The highest BCUT2D eigenvalue weighted by molar-refractivity contribution is 5.48. The molecule has 0 unspecified atom stereocenters. The van der Waals surface area contributed by atoms with E-state index in [1.165, 1.54) is 12.1 Å². The fourth-order valence-electron chi connectivity index (χ4n) is 1.34. The summed E-state index contributed by atoms with van der Waals surface area (Å²) in [6.45, 7) is 8.80. The Kier molecular flexibility index (Phi) is 5.78. The zero-order valence-electron chi connectivity index (χ0n) is 11.3. The van der Waals surface area contributed by atoms with Gasteiger partial charge in [0.1, 0.15) is 5.82 Å². The molecule has 0 atom stereocenters. The molecule has 0 aromatic carbocycles. The van der Waals surface area contributed by atoms with Crippen LogP contribution in [0.15, 0.2) is 24.3 Å². The number of nitro groups is 1. The van der Waals surface area contributed by atoms with Gasteiger partial charge < -0.3 is 10.1 Å². The number of ether oxygens (including phenoxy) is 1. The molecule has 0 aliphatic carbocycles. The molecule has 0 spiro atoms. The monoisotopic (exact) mass is 265 g/mol. The second-order valence-corrected chi connectivity index (χ2v) is 4.29. The molecule has 1 N–H and O–H groups in total. The highest BCUT2D eigenvalue weighted by atomic mass is 16.6. The molecule has 0 saturated carbocycles. The quantitative estimate of drug-likeness (QED) is 0.444. The maximum atomic E-state index is 10.8. The lowest BCUT2D eigenvalue weighted by atomic mass is 10.3. The van der Waals surface area contributed by atoms with Gasteiger partial charge in [-0.1, -0.05) is 12.5 Å². The van der Waals surface area contributed by atoms with Crippen molar-refractivity contribution in [3.8, 4) is 5.88 Å². The molecule has 19 heavy (non-hydrogen) atoms. The smallest absolute Gasteiger partial charge is 0.278 e. The van der Waals surface area contributed by atoms with E-state index >= 15 is 0 Å². The molecule has 0 radical (unpaired) electrons. The molecular formula is C13H19N3O3. The average molecular weight is 265 g/mol. The van der Waals surface area contributed by atoms with Crippen LogP contribution in [0.2, 0.25) is 0 Å². The molecule has 6 heteroatoms. The zero-order valence-corrected chi connectivity index (χ0v) is 11.3. The Morgan fingerprint density at radius 1 is 1.58 bits per heavy atom. The number of anilines is 1. The Morgan fingerprint density at radius 3 is 2.89 bits per heavy atom. The SMILES string of the molecule is C=C(C)CCOc1cc([N+](=O)[O-])cc(NCCC)n1. The third-order valence-corrected chi connectivity index (χ3v) is 2.33. The third-order valence-electron chi connectivity index (χ3n) is 2.33. The van der Waals surface area contributed by atoms with Gasteiger partial charge in [0.05, 0.1) is 23.7 Å². The summed E-state index contributed by atoms with van der Waals surface area (Å²) in [7, 11) is 0. The van der Waals surface area contributed by atoms with Crippen LogP contribution in [0.25, 0.3) is 0 Å². The van der Waals surface area contributed by atoms with Gasteiger partial charge in [-0.15, -0.1) is 6.58 Å². The van der Waals surface area contributed by atoms with Crippen molar-refractivity contribution in [3.63, 3.8) is 0 Å². The van der Waals surface area contributed by atoms with Gasteiger partial charge in [0.2, 0.25) is 5.88 Å². The van der Waals surface area contributed by atoms with Crippen LogP contribution in [0.1, 0.15) is 26.7 Å². The van der Waals surface area contributed by atoms with Crippen LogP contribution in [0.3, 0.4) is 0 Å². The number of hydrogen-bond acceptors (Lipinski definition) is 5. The van der Waals surface area contributed by atoms with E-state index in [1.54, 1.807) is 0 Å². The summed E-state index contributed by atoms with van der Waals surface area (Å²) in [6.07, 6.45) is 1.61. The van der Waals surface area contributed by atoms with E-state index in [4.69, 9.17) is 4.74 Å². The highest BCUT2D eigenvalue weighted by Crippen LogP contribution is 2.22. The normalized spacial score (nSPS) is 10.0. The fraction of sp³-hybridized carbons (Fsp3) is 0.462. The molecule has 1 aromatic rings. The fourth-order valence-corrected chi connectivity index (χ4v) is 1.34. The van der Waals surface area contributed by atoms with E-state index in [0.717, 1.165) is 12.0 Å². The Hall–Kier alpha value is -2.11. The van der Waals surface area contributed by atoms with Gasteiger partial charge in [0.15, 0.2) is 0 Å². The Balaban J connectivity index is 2.80. The van der Waals surface area contributed by atoms with Gasteiger partial charge >= 0.3 is 0 Å². The summed E-state index contributed by atoms with van der Waals surface area (Å²) in [5.74, 6) is 0.718. The lowest BCUT2D eigenvalue weighted by Gasteiger charge is -2.08. The van der Waals surface area contributed by atoms with Crippen molar-refractivity contribution in [1.82, 2.24) is 4.98 Å². The van der Waals surface area contributed by atoms with Gasteiger partial charge in [-0.25, -0.2) is 0 Å². The summed E-state index contributed by atoms with van der Waals surface area (Å²) < 4.78 is 5.41. The topological polar surface area (TPSA) is 77.3 Å². The summed E-state index contributed by atoms with van der Waals surface area (Å²) in [6, 6.07) is 2.73. The minimum Gasteiger partial charge on any atom is -0.477 e. The van der Waals surface area contributed by atoms with Gasteiger partial charge in [-0.3, -0.25) is 10.1 Å². The van der Waals surface area contributed by atoms with Crippen molar-refractivity contribution in [2.24, 2.45) is 0 Å². The van der Waals surface area contributed by atoms with E-state index in [1.807, 2.05) is 13.8 Å². The Bertz CT molecular complexity index is 460. The molecule has 0 fully saturated rings. The van der Waals surface area contributed by atoms with E-state index in [9.17, 15) is 10.1 Å². The Labute approximate surface area is 112 Å². The second kappa shape index (κ2) is 7.35. The number of nitrogens with zero attached hydrogens (tertiary/aromatic N) is 2. The minimum atomic E-state index is -0.454. The van der Waals surface area contributed by atoms with Crippen LogP contribution in [0.5, 0.6) is 5.88 Å². The molecule has 0 aliphatic heterocycles. The molecule has 0 aliphatic rings. The minimum absolute atomic E-state index is 0.0288. The first-order valence-electron chi connectivity index (χ1n) is 6.20. The predicted molar refractivity (Wildman–Crippen MR) is 74.6 cm³/mol. The van der Waals surface area contributed by atoms with Crippen molar-refractivity contribution in [3.05, 3.63) is 34.4 Å². The third kappa shape index (κ3) is 5.37. The number of aromatic nitrogens is 1. The predicted octanol–water partition coefficient (Wildman–Crippen LogP) is 3.16. The van der Waals surface area contributed by atoms with Crippen LogP contribution in [0.4, 0.5) is 11.5 Å². The van der Waals surface area contributed by atoms with Crippen molar-refractivity contribution in [2.45, 2.75) is 26.7 Å². The summed E-state index contributed by atoms with van der Waals surface area (Å²) in [4.78, 5) is 14.6. The second-order valence-electron chi connectivity index (χ2n) is 4.29. The van der Waals surface area contributed by atoms with E-state index in [0.29, 0.717) is 25.4 Å². The van der Waals surface area contributed by atoms with E-state index < -0.39 is 4.92 Å². The Morgan fingerprint density at radius 2 is 2.32 bits per heavy atom. The van der Waals surface area contributed by atoms with Crippen molar-refractivity contribution < 1.29 is 9.66 Å². The number of rotatable bonds is 8. The summed E-state index contributed by atoms with van der Waals surface area (Å²) >= 11 is 0. The molecule has 0 saturated heterocycles. The molecular weight excluding hydrogens is 246 g/mol. The highest BCUT2D eigenvalue weighted by Gasteiger charge is 2.11. The molecule has 0 amide bonds. The first kappa shape index (κ1) is 14.9. The average Bonchev–Trinajstić information content (AvgIpc) is 2.35. The summed E-state index contributed by atoms with van der Waals surface area (Å²) in [5.41, 5.74) is 0.966. The maximum absolute atomic E-state index is 10.8. The van der Waals surface area contributed by atoms with E-state index in [2.05, 4.69) is 16.9 Å².